The number of aliphatic carboxylic acids is 1. The van der Waals surface area contributed by atoms with Gasteiger partial charge in [-0.2, -0.15) is 0 Å². The van der Waals surface area contributed by atoms with E-state index in [-0.39, 0.29) is 25.5 Å². The summed E-state index contributed by atoms with van der Waals surface area (Å²) in [7, 11) is 1.23. The van der Waals surface area contributed by atoms with E-state index < -0.39 is 24.6 Å². The van der Waals surface area contributed by atoms with Crippen molar-refractivity contribution in [2.24, 2.45) is 0 Å². The number of carbonyl (C=O) groups is 3. The van der Waals surface area contributed by atoms with Gasteiger partial charge in [-0.05, 0) is 22.3 Å². The Balaban J connectivity index is 1.72. The van der Waals surface area contributed by atoms with E-state index in [1.807, 2.05) is 48.5 Å². The molecule has 1 amide bonds. The number of carbonyl (C=O) groups excluding carboxylic acids is 2. The number of nitrogens with zero attached hydrogens (tertiary/aromatic N) is 1. The van der Waals surface area contributed by atoms with Crippen molar-refractivity contribution in [2.45, 2.75) is 12.3 Å². The van der Waals surface area contributed by atoms with Crippen molar-refractivity contribution in [1.29, 1.82) is 0 Å². The maximum absolute atomic E-state index is 12.4. The van der Waals surface area contributed by atoms with Crippen molar-refractivity contribution in [3.63, 3.8) is 0 Å². The molecule has 0 saturated carbocycles. The van der Waals surface area contributed by atoms with Crippen molar-refractivity contribution in [3.8, 4) is 11.1 Å². The van der Waals surface area contributed by atoms with Gasteiger partial charge < -0.3 is 14.6 Å². The zero-order valence-corrected chi connectivity index (χ0v) is 15.5. The topological polar surface area (TPSA) is 93.1 Å². The van der Waals surface area contributed by atoms with Crippen LogP contribution in [-0.4, -0.2) is 54.8 Å². The Kier molecular flexibility index (Phi) is 5.93. The second-order valence-corrected chi connectivity index (χ2v) is 6.45. The van der Waals surface area contributed by atoms with Gasteiger partial charge in [-0.15, -0.1) is 0 Å². The van der Waals surface area contributed by atoms with Gasteiger partial charge in [0.1, 0.15) is 13.2 Å². The first-order valence-electron chi connectivity index (χ1n) is 8.89. The highest BCUT2D eigenvalue weighted by Gasteiger charge is 2.30. The highest BCUT2D eigenvalue weighted by molar-refractivity contribution is 5.80. The molecule has 0 aromatic heterocycles. The predicted octanol–water partition coefficient (Wildman–Crippen LogP) is 2.89. The summed E-state index contributed by atoms with van der Waals surface area (Å²) in [6.07, 6.45) is -0.873. The molecule has 0 unspecified atom stereocenters. The smallest absolute Gasteiger partial charge is 0.410 e. The number of carboxylic acids is 1. The van der Waals surface area contributed by atoms with Crippen molar-refractivity contribution in [2.75, 3.05) is 26.8 Å². The van der Waals surface area contributed by atoms with Crippen LogP contribution in [0.2, 0.25) is 0 Å². The SMILES string of the molecule is COC(=O)CCN(CC(=O)O)C(=O)OCC1c2ccccc2-c2ccccc21. The van der Waals surface area contributed by atoms with Crippen molar-refractivity contribution in [3.05, 3.63) is 59.7 Å². The first-order chi connectivity index (χ1) is 13.5. The van der Waals surface area contributed by atoms with E-state index in [1.165, 1.54) is 7.11 Å². The molecule has 1 N–H and O–H groups in total. The molecular weight excluding hydrogens is 362 g/mol. The van der Waals surface area contributed by atoms with Crippen LogP contribution in [0.1, 0.15) is 23.5 Å². The molecule has 0 fully saturated rings. The average Bonchev–Trinajstić information content (AvgIpc) is 3.02. The second kappa shape index (κ2) is 8.56. The molecule has 0 heterocycles. The van der Waals surface area contributed by atoms with Gasteiger partial charge in [0.15, 0.2) is 0 Å². The Bertz CT molecular complexity index is 848. The molecule has 2 aromatic carbocycles. The summed E-state index contributed by atoms with van der Waals surface area (Å²) in [6, 6.07) is 15.9. The van der Waals surface area contributed by atoms with E-state index in [2.05, 4.69) is 4.74 Å². The average molecular weight is 383 g/mol. The molecule has 0 atom stereocenters. The first-order valence-corrected chi connectivity index (χ1v) is 8.89. The van der Waals surface area contributed by atoms with Gasteiger partial charge in [-0.1, -0.05) is 48.5 Å². The lowest BCUT2D eigenvalue weighted by Crippen LogP contribution is -2.38. The van der Waals surface area contributed by atoms with E-state index in [1.54, 1.807) is 0 Å². The van der Waals surface area contributed by atoms with Crippen LogP contribution in [0.25, 0.3) is 11.1 Å². The molecule has 2 aromatic rings. The van der Waals surface area contributed by atoms with E-state index >= 15 is 0 Å². The Morgan fingerprint density at radius 3 is 2.11 bits per heavy atom. The van der Waals surface area contributed by atoms with Crippen molar-refractivity contribution in [1.82, 2.24) is 4.90 Å². The normalized spacial score (nSPS) is 12.0. The second-order valence-electron chi connectivity index (χ2n) is 6.45. The van der Waals surface area contributed by atoms with Gasteiger partial charge in [0, 0.05) is 12.5 Å². The van der Waals surface area contributed by atoms with Gasteiger partial charge in [-0.25, -0.2) is 4.79 Å². The number of hydrogen-bond donors (Lipinski definition) is 1. The fraction of sp³-hybridized carbons (Fsp3) is 0.286. The molecule has 7 heteroatoms. The number of fused-ring (bicyclic) bond motifs is 3. The Morgan fingerprint density at radius 1 is 1.00 bits per heavy atom. The third-order valence-electron chi connectivity index (χ3n) is 4.73. The van der Waals surface area contributed by atoms with Crippen LogP contribution in [0.15, 0.2) is 48.5 Å². The monoisotopic (exact) mass is 383 g/mol. The standard InChI is InChI=1S/C21H21NO6/c1-27-20(25)10-11-22(12-19(23)24)21(26)28-13-18-16-8-4-2-6-14(16)15-7-3-5-9-17(15)18/h2-9,18H,10-13H2,1H3,(H,23,24). The van der Waals surface area contributed by atoms with Crippen LogP contribution in [0.4, 0.5) is 4.79 Å². The highest BCUT2D eigenvalue weighted by Crippen LogP contribution is 2.44. The molecule has 1 aliphatic carbocycles. The van der Waals surface area contributed by atoms with Gasteiger partial charge in [0.25, 0.3) is 0 Å². The van der Waals surface area contributed by atoms with Gasteiger partial charge in [-0.3, -0.25) is 14.5 Å². The van der Waals surface area contributed by atoms with E-state index in [0.717, 1.165) is 27.2 Å². The summed E-state index contributed by atoms with van der Waals surface area (Å²) in [5.74, 6) is -1.83. The summed E-state index contributed by atoms with van der Waals surface area (Å²) >= 11 is 0. The maximum Gasteiger partial charge on any atom is 0.410 e. The quantitative estimate of drug-likeness (QED) is 0.739. The third kappa shape index (κ3) is 4.14. The molecule has 7 nitrogen and oxygen atoms in total. The highest BCUT2D eigenvalue weighted by atomic mass is 16.6. The van der Waals surface area contributed by atoms with Crippen LogP contribution in [0, 0.1) is 0 Å². The Hall–Kier alpha value is -3.35. The summed E-state index contributed by atoms with van der Waals surface area (Å²) in [4.78, 5) is 35.8. The minimum absolute atomic E-state index is 0.0845. The summed E-state index contributed by atoms with van der Waals surface area (Å²) in [5.41, 5.74) is 4.34. The number of carboxylic acid groups (broad SMARTS) is 1. The molecule has 0 aliphatic heterocycles. The number of benzene rings is 2. The molecule has 28 heavy (non-hydrogen) atoms. The van der Waals surface area contributed by atoms with E-state index in [0.29, 0.717) is 0 Å². The molecule has 0 spiro atoms. The summed E-state index contributed by atoms with van der Waals surface area (Å²) in [5, 5.41) is 9.03. The molecular formula is C21H21NO6. The summed E-state index contributed by atoms with van der Waals surface area (Å²) in [6.45, 7) is -0.551. The van der Waals surface area contributed by atoms with Crippen LogP contribution in [0.3, 0.4) is 0 Å². The van der Waals surface area contributed by atoms with Crippen molar-refractivity contribution >= 4 is 18.0 Å². The van der Waals surface area contributed by atoms with Crippen LogP contribution in [-0.2, 0) is 19.1 Å². The zero-order valence-electron chi connectivity index (χ0n) is 15.5. The fourth-order valence-electron chi connectivity index (χ4n) is 3.41. The molecule has 3 rings (SSSR count). The number of hydrogen-bond acceptors (Lipinski definition) is 5. The summed E-state index contributed by atoms with van der Waals surface area (Å²) < 4.78 is 9.98. The largest absolute Gasteiger partial charge is 0.480 e. The van der Waals surface area contributed by atoms with Crippen molar-refractivity contribution < 1.29 is 29.0 Å². The minimum Gasteiger partial charge on any atom is -0.480 e. The molecule has 0 radical (unpaired) electrons. The first kappa shape index (κ1) is 19.4. The predicted molar refractivity (Wildman–Crippen MR) is 101 cm³/mol. The number of rotatable bonds is 7. The van der Waals surface area contributed by atoms with E-state index in [9.17, 15) is 14.4 Å². The lowest BCUT2D eigenvalue weighted by molar-refractivity contribution is -0.142. The van der Waals surface area contributed by atoms with Gasteiger partial charge in [0.05, 0.1) is 13.5 Å². The Morgan fingerprint density at radius 2 is 1.57 bits per heavy atom. The third-order valence-corrected chi connectivity index (χ3v) is 4.73. The number of methoxy groups -OCH3 is 1. The number of ether oxygens (including phenoxy) is 2. The fourth-order valence-corrected chi connectivity index (χ4v) is 3.41. The van der Waals surface area contributed by atoms with Crippen LogP contribution >= 0.6 is 0 Å². The molecule has 0 saturated heterocycles. The molecule has 146 valence electrons. The van der Waals surface area contributed by atoms with Crippen LogP contribution in [0.5, 0.6) is 0 Å². The zero-order chi connectivity index (χ0) is 20.1. The van der Waals surface area contributed by atoms with Gasteiger partial charge in [0.2, 0.25) is 0 Å². The maximum atomic E-state index is 12.4. The van der Waals surface area contributed by atoms with Gasteiger partial charge >= 0.3 is 18.0 Å². The lowest BCUT2D eigenvalue weighted by Gasteiger charge is -2.21. The lowest BCUT2D eigenvalue weighted by atomic mass is 9.98. The Labute approximate surface area is 162 Å². The molecule has 0 bridgehead atoms. The van der Waals surface area contributed by atoms with E-state index in [4.69, 9.17) is 9.84 Å². The van der Waals surface area contributed by atoms with Crippen LogP contribution < -0.4 is 0 Å². The minimum atomic E-state index is -1.18. The number of esters is 1. The molecule has 1 aliphatic rings. The number of amides is 1.